The summed E-state index contributed by atoms with van der Waals surface area (Å²) in [6, 6.07) is 18.7. The first-order valence-electron chi connectivity index (χ1n) is 9.70. The summed E-state index contributed by atoms with van der Waals surface area (Å²) in [6.07, 6.45) is 3.11. The van der Waals surface area contributed by atoms with E-state index in [0.29, 0.717) is 12.4 Å². The van der Waals surface area contributed by atoms with Crippen LogP contribution in [0.4, 0.5) is 0 Å². The van der Waals surface area contributed by atoms with E-state index in [-0.39, 0.29) is 5.56 Å². The van der Waals surface area contributed by atoms with E-state index in [2.05, 4.69) is 41.1 Å². The lowest BCUT2D eigenvalue weighted by Gasteiger charge is -2.27. The highest BCUT2D eigenvalue weighted by molar-refractivity contribution is 5.54. The Morgan fingerprint density at radius 2 is 1.78 bits per heavy atom. The molecule has 4 heteroatoms. The smallest absolute Gasteiger partial charge is 0.255 e. The van der Waals surface area contributed by atoms with Crippen LogP contribution in [-0.2, 0) is 25.9 Å². The number of nitrogens with zero attached hydrogens (tertiary/aromatic N) is 2. The van der Waals surface area contributed by atoms with Crippen molar-refractivity contribution in [1.82, 2.24) is 14.9 Å². The van der Waals surface area contributed by atoms with Gasteiger partial charge in [0.25, 0.3) is 5.56 Å². The molecule has 0 radical (unpaired) electrons. The molecule has 3 aromatic rings. The average molecular weight is 359 g/mol. The number of aromatic amines is 1. The minimum atomic E-state index is -0.0122. The van der Waals surface area contributed by atoms with Gasteiger partial charge >= 0.3 is 0 Å². The first kappa shape index (κ1) is 17.7. The van der Waals surface area contributed by atoms with Crippen LogP contribution in [0.2, 0.25) is 0 Å². The highest BCUT2D eigenvalue weighted by Gasteiger charge is 2.21. The van der Waals surface area contributed by atoms with E-state index in [9.17, 15) is 4.79 Å². The summed E-state index contributed by atoms with van der Waals surface area (Å²) in [4.78, 5) is 22.7. The van der Waals surface area contributed by atoms with Crippen LogP contribution >= 0.6 is 0 Å². The summed E-state index contributed by atoms with van der Waals surface area (Å²) in [5.74, 6) is 0.666. The van der Waals surface area contributed by atoms with Crippen LogP contribution in [0.3, 0.4) is 0 Å². The molecule has 0 aliphatic carbocycles. The van der Waals surface area contributed by atoms with Gasteiger partial charge < -0.3 is 4.98 Å². The number of hydrogen-bond donors (Lipinski definition) is 1. The van der Waals surface area contributed by atoms with Crippen molar-refractivity contribution in [2.75, 3.05) is 6.54 Å². The van der Waals surface area contributed by atoms with E-state index in [4.69, 9.17) is 4.98 Å². The fourth-order valence-electron chi connectivity index (χ4n) is 3.71. The van der Waals surface area contributed by atoms with Gasteiger partial charge in [0.1, 0.15) is 5.82 Å². The summed E-state index contributed by atoms with van der Waals surface area (Å²) in [7, 11) is 0. The molecular weight excluding hydrogens is 334 g/mol. The first-order valence-corrected chi connectivity index (χ1v) is 9.70. The van der Waals surface area contributed by atoms with Gasteiger partial charge in [-0.2, -0.15) is 0 Å². The molecule has 27 heavy (non-hydrogen) atoms. The third kappa shape index (κ3) is 4.01. The van der Waals surface area contributed by atoms with E-state index < -0.39 is 0 Å². The van der Waals surface area contributed by atoms with Crippen LogP contribution in [0.15, 0.2) is 59.4 Å². The minimum absolute atomic E-state index is 0.0122. The van der Waals surface area contributed by atoms with Crippen LogP contribution < -0.4 is 5.56 Å². The quantitative estimate of drug-likeness (QED) is 0.750. The van der Waals surface area contributed by atoms with Crippen molar-refractivity contribution in [2.24, 2.45) is 0 Å². The number of benzene rings is 2. The molecule has 0 unspecified atom stereocenters. The lowest BCUT2D eigenvalue weighted by Crippen LogP contribution is -2.35. The molecule has 4 rings (SSSR count). The second-order valence-electron chi connectivity index (χ2n) is 7.23. The van der Waals surface area contributed by atoms with Crippen molar-refractivity contribution in [1.29, 1.82) is 0 Å². The van der Waals surface area contributed by atoms with E-state index in [1.54, 1.807) is 0 Å². The highest BCUT2D eigenvalue weighted by Crippen LogP contribution is 2.20. The standard InChI is InChI=1S/C23H25N3O/c1-2-6-17-9-11-18(12-10-17)15-26-14-13-21-20(16-26)23(27)25-22(24-21)19-7-4-3-5-8-19/h3-5,7-12H,2,6,13-16H2,1H3,(H,24,25,27). The van der Waals surface area contributed by atoms with Crippen molar-refractivity contribution in [3.05, 3.63) is 87.3 Å². The largest absolute Gasteiger partial charge is 0.306 e. The second kappa shape index (κ2) is 7.89. The maximum Gasteiger partial charge on any atom is 0.255 e. The van der Waals surface area contributed by atoms with Crippen molar-refractivity contribution in [3.63, 3.8) is 0 Å². The second-order valence-corrected chi connectivity index (χ2v) is 7.23. The van der Waals surface area contributed by atoms with Crippen LogP contribution in [0, 0.1) is 0 Å². The van der Waals surface area contributed by atoms with Crippen LogP contribution in [0.1, 0.15) is 35.7 Å². The summed E-state index contributed by atoms with van der Waals surface area (Å²) in [6.45, 7) is 4.65. The molecule has 0 saturated carbocycles. The van der Waals surface area contributed by atoms with E-state index >= 15 is 0 Å². The Morgan fingerprint density at radius 3 is 2.52 bits per heavy atom. The normalized spacial score (nSPS) is 14.1. The topological polar surface area (TPSA) is 49.0 Å². The van der Waals surface area contributed by atoms with Gasteiger partial charge in [-0.15, -0.1) is 0 Å². The van der Waals surface area contributed by atoms with Gasteiger partial charge in [-0.25, -0.2) is 4.98 Å². The lowest BCUT2D eigenvalue weighted by molar-refractivity contribution is 0.242. The molecule has 0 amide bonds. The number of H-pyrrole nitrogens is 1. The Balaban J connectivity index is 1.51. The summed E-state index contributed by atoms with van der Waals surface area (Å²) < 4.78 is 0. The van der Waals surface area contributed by atoms with Gasteiger partial charge in [0.05, 0.1) is 11.3 Å². The molecule has 0 atom stereocenters. The number of aryl methyl sites for hydroxylation is 1. The Morgan fingerprint density at radius 1 is 1.04 bits per heavy atom. The summed E-state index contributed by atoms with van der Waals surface area (Å²) >= 11 is 0. The van der Waals surface area contributed by atoms with Crippen molar-refractivity contribution < 1.29 is 0 Å². The predicted octanol–water partition coefficient (Wildman–Crippen LogP) is 3.95. The van der Waals surface area contributed by atoms with Gasteiger partial charge in [0, 0.05) is 31.6 Å². The fraction of sp³-hybridized carbons (Fsp3) is 0.304. The SMILES string of the molecule is CCCc1ccc(CN2CCc3nc(-c4ccccc4)[nH]c(=O)c3C2)cc1. The number of hydrogen-bond acceptors (Lipinski definition) is 3. The Labute approximate surface area is 159 Å². The van der Waals surface area contributed by atoms with Gasteiger partial charge in [-0.1, -0.05) is 67.9 Å². The molecule has 2 aromatic carbocycles. The maximum absolute atomic E-state index is 12.7. The number of aromatic nitrogens is 2. The molecular formula is C23H25N3O. The number of rotatable bonds is 5. The van der Waals surface area contributed by atoms with Gasteiger partial charge in [0.2, 0.25) is 0 Å². The third-order valence-corrected chi connectivity index (χ3v) is 5.16. The molecule has 2 heterocycles. The number of nitrogens with one attached hydrogen (secondary N) is 1. The zero-order chi connectivity index (χ0) is 18.6. The van der Waals surface area contributed by atoms with E-state index in [1.165, 1.54) is 17.5 Å². The maximum atomic E-state index is 12.7. The van der Waals surface area contributed by atoms with E-state index in [0.717, 1.165) is 42.8 Å². The molecule has 138 valence electrons. The molecule has 0 bridgehead atoms. The summed E-state index contributed by atoms with van der Waals surface area (Å²) in [5.41, 5.74) is 5.37. The van der Waals surface area contributed by atoms with E-state index in [1.807, 2.05) is 30.3 Å². The van der Waals surface area contributed by atoms with Gasteiger partial charge in [-0.05, 0) is 17.5 Å². The predicted molar refractivity (Wildman–Crippen MR) is 109 cm³/mol. The minimum Gasteiger partial charge on any atom is -0.306 e. The van der Waals surface area contributed by atoms with Crippen LogP contribution in [0.25, 0.3) is 11.4 Å². The van der Waals surface area contributed by atoms with Crippen molar-refractivity contribution in [2.45, 2.75) is 39.3 Å². The van der Waals surface area contributed by atoms with Crippen molar-refractivity contribution in [3.8, 4) is 11.4 Å². The number of fused-ring (bicyclic) bond motifs is 1. The first-order chi connectivity index (χ1) is 13.2. The highest BCUT2D eigenvalue weighted by atomic mass is 16.1. The zero-order valence-electron chi connectivity index (χ0n) is 15.7. The zero-order valence-corrected chi connectivity index (χ0v) is 15.7. The monoisotopic (exact) mass is 359 g/mol. The summed E-state index contributed by atoms with van der Waals surface area (Å²) in [5, 5.41) is 0. The molecule has 1 N–H and O–H groups in total. The molecule has 1 aromatic heterocycles. The van der Waals surface area contributed by atoms with Gasteiger partial charge in [0.15, 0.2) is 0 Å². The molecule has 1 aliphatic heterocycles. The molecule has 0 spiro atoms. The third-order valence-electron chi connectivity index (χ3n) is 5.16. The molecule has 0 saturated heterocycles. The van der Waals surface area contributed by atoms with Crippen molar-refractivity contribution >= 4 is 0 Å². The Bertz CT molecular complexity index is 961. The van der Waals surface area contributed by atoms with Crippen LogP contribution in [-0.4, -0.2) is 21.4 Å². The Hall–Kier alpha value is -2.72. The molecule has 4 nitrogen and oxygen atoms in total. The molecule has 1 aliphatic rings. The molecule has 0 fully saturated rings. The fourth-order valence-corrected chi connectivity index (χ4v) is 3.71. The van der Waals surface area contributed by atoms with Crippen LogP contribution in [0.5, 0.6) is 0 Å². The van der Waals surface area contributed by atoms with Gasteiger partial charge in [-0.3, -0.25) is 9.69 Å². The average Bonchev–Trinajstić information content (AvgIpc) is 2.71. The Kier molecular flexibility index (Phi) is 5.16. The lowest BCUT2D eigenvalue weighted by atomic mass is 10.0.